The van der Waals surface area contributed by atoms with E-state index in [1.807, 2.05) is 59.6 Å². The summed E-state index contributed by atoms with van der Waals surface area (Å²) in [6.45, 7) is 1.14. The van der Waals surface area contributed by atoms with Gasteiger partial charge in [0.15, 0.2) is 0 Å². The highest BCUT2D eigenvalue weighted by Crippen LogP contribution is 2.19. The molecule has 5 nitrogen and oxygen atoms in total. The monoisotopic (exact) mass is 364 g/mol. The number of nitrogens with one attached hydrogen (secondary N) is 1. The highest BCUT2D eigenvalue weighted by atomic mass is 16.4. The van der Waals surface area contributed by atoms with Gasteiger partial charge in [-0.1, -0.05) is 48.5 Å². The fourth-order valence-corrected chi connectivity index (χ4v) is 3.24. The molecule has 0 saturated carbocycles. The number of carbonyl (C=O) groups is 2. The molecule has 0 unspecified atom stereocenters. The van der Waals surface area contributed by atoms with E-state index in [-0.39, 0.29) is 18.7 Å². The van der Waals surface area contributed by atoms with Crippen molar-refractivity contribution in [1.82, 2.24) is 9.88 Å². The van der Waals surface area contributed by atoms with Gasteiger partial charge < -0.3 is 15.0 Å². The number of amides is 1. The van der Waals surface area contributed by atoms with Crippen molar-refractivity contribution in [2.24, 2.45) is 0 Å². The van der Waals surface area contributed by atoms with Crippen LogP contribution in [0.15, 0.2) is 60.8 Å². The van der Waals surface area contributed by atoms with Crippen LogP contribution in [0.3, 0.4) is 0 Å². The highest BCUT2D eigenvalue weighted by Gasteiger charge is 2.15. The van der Waals surface area contributed by atoms with Crippen molar-refractivity contribution in [3.63, 3.8) is 0 Å². The number of hydrogen-bond donors (Lipinski definition) is 2. The van der Waals surface area contributed by atoms with Crippen LogP contribution in [0, 0.1) is 0 Å². The molecule has 27 heavy (non-hydrogen) atoms. The molecule has 1 amide bonds. The zero-order chi connectivity index (χ0) is 19.1. The number of H-pyrrole nitrogens is 1. The summed E-state index contributed by atoms with van der Waals surface area (Å²) in [4.78, 5) is 28.5. The summed E-state index contributed by atoms with van der Waals surface area (Å²) in [5.41, 5.74) is 3.35. The first-order chi connectivity index (χ1) is 13.1. The molecule has 1 aromatic heterocycles. The number of nitrogens with zero attached hydrogens (tertiary/aromatic N) is 1. The Hall–Kier alpha value is -3.08. The maximum atomic E-state index is 12.7. The Bertz CT molecular complexity index is 902. The fraction of sp³-hybridized carbons (Fsp3) is 0.273. The average Bonchev–Trinajstić information content (AvgIpc) is 3.08. The second kappa shape index (κ2) is 9.03. The van der Waals surface area contributed by atoms with E-state index in [0.717, 1.165) is 17.5 Å². The van der Waals surface area contributed by atoms with Gasteiger partial charge in [0, 0.05) is 43.0 Å². The molecule has 0 aliphatic heterocycles. The minimum Gasteiger partial charge on any atom is -0.481 e. The lowest BCUT2D eigenvalue weighted by molar-refractivity contribution is -0.137. The van der Waals surface area contributed by atoms with Gasteiger partial charge in [-0.3, -0.25) is 9.59 Å². The van der Waals surface area contributed by atoms with E-state index in [2.05, 4.69) is 11.1 Å². The molecule has 0 fully saturated rings. The van der Waals surface area contributed by atoms with E-state index in [1.54, 1.807) is 0 Å². The molecular formula is C22H24N2O3. The summed E-state index contributed by atoms with van der Waals surface area (Å²) in [5.74, 6) is -0.865. The largest absolute Gasteiger partial charge is 0.481 e. The van der Waals surface area contributed by atoms with Crippen molar-refractivity contribution < 1.29 is 14.7 Å². The summed E-state index contributed by atoms with van der Waals surface area (Å²) < 4.78 is 0. The average molecular weight is 364 g/mol. The number of hydrogen-bond acceptors (Lipinski definition) is 2. The first kappa shape index (κ1) is 18.7. The zero-order valence-corrected chi connectivity index (χ0v) is 15.2. The Morgan fingerprint density at radius 2 is 1.70 bits per heavy atom. The lowest BCUT2D eigenvalue weighted by Crippen LogP contribution is -2.32. The van der Waals surface area contributed by atoms with Crippen LogP contribution in [0.25, 0.3) is 10.9 Å². The summed E-state index contributed by atoms with van der Waals surface area (Å²) in [5, 5.41) is 9.98. The summed E-state index contributed by atoms with van der Waals surface area (Å²) in [6, 6.07) is 18.0. The topological polar surface area (TPSA) is 73.4 Å². The van der Waals surface area contributed by atoms with Crippen molar-refractivity contribution >= 4 is 22.8 Å². The molecule has 5 heteroatoms. The number of carboxylic acids is 1. The van der Waals surface area contributed by atoms with Gasteiger partial charge in [0.25, 0.3) is 0 Å². The van der Waals surface area contributed by atoms with Crippen LogP contribution in [0.1, 0.15) is 30.4 Å². The van der Waals surface area contributed by atoms with Gasteiger partial charge in [-0.25, -0.2) is 0 Å². The van der Waals surface area contributed by atoms with Crippen molar-refractivity contribution in [2.45, 2.75) is 32.2 Å². The normalized spacial score (nSPS) is 10.8. The summed E-state index contributed by atoms with van der Waals surface area (Å²) >= 11 is 0. The maximum absolute atomic E-state index is 12.7. The van der Waals surface area contributed by atoms with Crippen molar-refractivity contribution in [3.05, 3.63) is 71.9 Å². The van der Waals surface area contributed by atoms with E-state index in [1.165, 1.54) is 10.9 Å². The molecule has 0 saturated heterocycles. The molecule has 0 bridgehead atoms. The van der Waals surface area contributed by atoms with Crippen LogP contribution in [0.5, 0.6) is 0 Å². The highest BCUT2D eigenvalue weighted by molar-refractivity contribution is 5.83. The first-order valence-electron chi connectivity index (χ1n) is 9.22. The van der Waals surface area contributed by atoms with E-state index in [4.69, 9.17) is 5.11 Å². The van der Waals surface area contributed by atoms with Crippen molar-refractivity contribution in [1.29, 1.82) is 0 Å². The molecule has 0 spiro atoms. The molecule has 0 aliphatic carbocycles. The van der Waals surface area contributed by atoms with Gasteiger partial charge >= 0.3 is 5.97 Å². The van der Waals surface area contributed by atoms with Crippen LogP contribution in [0.2, 0.25) is 0 Å². The van der Waals surface area contributed by atoms with Gasteiger partial charge in [0.1, 0.15) is 0 Å². The number of fused-ring (bicyclic) bond motifs is 1. The van der Waals surface area contributed by atoms with E-state index in [0.29, 0.717) is 19.5 Å². The van der Waals surface area contributed by atoms with Gasteiger partial charge in [0.05, 0.1) is 0 Å². The minimum atomic E-state index is -0.865. The SMILES string of the molecule is O=C(O)CCCC(=O)N(CCc1c[nH]c2ccccc12)Cc1ccccc1. The zero-order valence-electron chi connectivity index (χ0n) is 15.2. The second-order valence-corrected chi connectivity index (χ2v) is 6.66. The number of para-hydroxylation sites is 1. The Labute approximate surface area is 158 Å². The number of rotatable bonds is 9. The van der Waals surface area contributed by atoms with Gasteiger partial charge in [-0.2, -0.15) is 0 Å². The van der Waals surface area contributed by atoms with E-state index in [9.17, 15) is 9.59 Å². The number of carbonyl (C=O) groups excluding carboxylic acids is 1. The third-order valence-corrected chi connectivity index (χ3v) is 4.68. The Morgan fingerprint density at radius 1 is 0.963 bits per heavy atom. The predicted molar refractivity (Wildman–Crippen MR) is 105 cm³/mol. The van der Waals surface area contributed by atoms with Crippen LogP contribution in [0.4, 0.5) is 0 Å². The molecule has 0 aliphatic rings. The quantitative estimate of drug-likeness (QED) is 0.603. The van der Waals surface area contributed by atoms with Crippen LogP contribution < -0.4 is 0 Å². The van der Waals surface area contributed by atoms with Crippen LogP contribution in [-0.4, -0.2) is 33.4 Å². The Morgan fingerprint density at radius 3 is 2.48 bits per heavy atom. The summed E-state index contributed by atoms with van der Waals surface area (Å²) in [7, 11) is 0. The number of carboxylic acid groups (broad SMARTS) is 1. The van der Waals surface area contributed by atoms with Gasteiger partial charge in [0.2, 0.25) is 5.91 Å². The second-order valence-electron chi connectivity index (χ2n) is 6.66. The lowest BCUT2D eigenvalue weighted by atomic mass is 10.1. The van der Waals surface area contributed by atoms with E-state index < -0.39 is 5.97 Å². The number of aromatic amines is 1. The number of aliphatic carboxylic acids is 1. The Kier molecular flexibility index (Phi) is 6.26. The predicted octanol–water partition coefficient (Wildman–Crippen LogP) is 3.99. The number of aromatic nitrogens is 1. The smallest absolute Gasteiger partial charge is 0.303 e. The number of benzene rings is 2. The third-order valence-electron chi connectivity index (χ3n) is 4.68. The standard InChI is InChI=1S/C22H24N2O3/c25-21(11-6-12-22(26)27)24(16-17-7-2-1-3-8-17)14-13-18-15-23-20-10-5-4-9-19(18)20/h1-5,7-10,15,23H,6,11-14,16H2,(H,26,27). The molecule has 3 rings (SSSR count). The molecule has 3 aromatic rings. The lowest BCUT2D eigenvalue weighted by Gasteiger charge is -2.23. The third kappa shape index (κ3) is 5.20. The molecular weight excluding hydrogens is 340 g/mol. The van der Waals surface area contributed by atoms with Gasteiger partial charge in [-0.15, -0.1) is 0 Å². The molecule has 0 radical (unpaired) electrons. The molecule has 2 aromatic carbocycles. The van der Waals surface area contributed by atoms with Crippen molar-refractivity contribution in [2.75, 3.05) is 6.54 Å². The maximum Gasteiger partial charge on any atom is 0.303 e. The fourth-order valence-electron chi connectivity index (χ4n) is 3.24. The molecule has 140 valence electrons. The van der Waals surface area contributed by atoms with Gasteiger partial charge in [-0.05, 0) is 30.0 Å². The minimum absolute atomic E-state index is 0.0000515. The molecule has 0 atom stereocenters. The van der Waals surface area contributed by atoms with Crippen LogP contribution in [-0.2, 0) is 22.6 Å². The molecule has 1 heterocycles. The van der Waals surface area contributed by atoms with Crippen molar-refractivity contribution in [3.8, 4) is 0 Å². The molecule has 2 N–H and O–H groups in total. The summed E-state index contributed by atoms with van der Waals surface area (Å²) in [6.07, 6.45) is 3.40. The Balaban J connectivity index is 1.68. The van der Waals surface area contributed by atoms with E-state index >= 15 is 0 Å². The van der Waals surface area contributed by atoms with Crippen LogP contribution >= 0.6 is 0 Å². The first-order valence-corrected chi connectivity index (χ1v) is 9.22.